The highest BCUT2D eigenvalue weighted by Gasteiger charge is 2.34. The number of hydrogen-bond donors (Lipinski definition) is 0. The fourth-order valence-corrected chi connectivity index (χ4v) is 4.76. The third kappa shape index (κ3) is 2.35. The second-order valence-electron chi connectivity index (χ2n) is 7.76. The molecule has 142 valence electrons. The van der Waals surface area contributed by atoms with Crippen LogP contribution in [-0.2, 0) is 13.0 Å². The molecule has 7 nitrogen and oxygen atoms in total. The highest BCUT2D eigenvalue weighted by molar-refractivity contribution is 6.05. The Morgan fingerprint density at radius 3 is 2.93 bits per heavy atom. The number of aromatic nitrogens is 5. The van der Waals surface area contributed by atoms with Crippen molar-refractivity contribution in [2.75, 3.05) is 11.4 Å². The van der Waals surface area contributed by atoms with Crippen molar-refractivity contribution in [1.82, 2.24) is 24.7 Å². The molecule has 0 aliphatic carbocycles. The van der Waals surface area contributed by atoms with Crippen LogP contribution in [0.2, 0.25) is 0 Å². The quantitative estimate of drug-likeness (QED) is 0.527. The number of hydrogen-bond acceptors (Lipinski definition) is 6. The van der Waals surface area contributed by atoms with E-state index < -0.39 is 0 Å². The molecule has 1 aromatic carbocycles. The molecule has 2 aliphatic rings. The van der Waals surface area contributed by atoms with Gasteiger partial charge in [0.2, 0.25) is 0 Å². The molecule has 4 aromatic rings. The maximum absolute atomic E-state index is 6.18. The summed E-state index contributed by atoms with van der Waals surface area (Å²) in [6.07, 6.45) is 8.52. The van der Waals surface area contributed by atoms with Crippen LogP contribution in [0.1, 0.15) is 49.8 Å². The maximum Gasteiger partial charge on any atom is 0.196 e. The van der Waals surface area contributed by atoms with Crippen LogP contribution in [0.5, 0.6) is 0 Å². The predicted molar refractivity (Wildman–Crippen MR) is 106 cm³/mol. The molecule has 0 amide bonds. The standard InChI is InChI=1S/C21H22N6O/c1-2-10-17-24-25-20(27(17)11-5-1)15-8-6-12-26(15)21-19-18(22-13-23-21)14-7-3-4-9-16(14)28-19/h3-4,7,9,13,15H,1-2,5-6,8,10-12H2. The first-order valence-electron chi connectivity index (χ1n) is 10.2. The molecule has 0 radical (unpaired) electrons. The minimum absolute atomic E-state index is 0.186. The van der Waals surface area contributed by atoms with Crippen LogP contribution in [0.3, 0.4) is 0 Å². The Morgan fingerprint density at radius 2 is 1.93 bits per heavy atom. The smallest absolute Gasteiger partial charge is 0.196 e. The number of furan rings is 1. The Balaban J connectivity index is 1.47. The van der Waals surface area contributed by atoms with E-state index in [2.05, 4.69) is 35.7 Å². The SMILES string of the molecule is c1ccc2c(c1)oc1c(N3CCCC3c3nnc4n3CCCCC4)ncnc12. The predicted octanol–water partition coefficient (Wildman–Crippen LogP) is 4.04. The van der Waals surface area contributed by atoms with Crippen molar-refractivity contribution in [3.63, 3.8) is 0 Å². The van der Waals surface area contributed by atoms with E-state index in [9.17, 15) is 0 Å². The molecule has 3 aromatic heterocycles. The van der Waals surface area contributed by atoms with Crippen LogP contribution >= 0.6 is 0 Å². The number of nitrogens with zero attached hydrogens (tertiary/aromatic N) is 6. The fraction of sp³-hybridized carbons (Fsp3) is 0.429. The third-order valence-electron chi connectivity index (χ3n) is 6.10. The van der Waals surface area contributed by atoms with Crippen molar-refractivity contribution >= 4 is 27.9 Å². The number of para-hydroxylation sites is 1. The molecule has 1 atom stereocenters. The molecule has 0 saturated carbocycles. The molecule has 5 heterocycles. The Morgan fingerprint density at radius 1 is 0.964 bits per heavy atom. The molecule has 0 bridgehead atoms. The summed E-state index contributed by atoms with van der Waals surface area (Å²) < 4.78 is 8.54. The molecule has 0 spiro atoms. The summed E-state index contributed by atoms with van der Waals surface area (Å²) in [6.45, 7) is 1.96. The molecule has 7 heteroatoms. The summed E-state index contributed by atoms with van der Waals surface area (Å²) in [7, 11) is 0. The fourth-order valence-electron chi connectivity index (χ4n) is 4.76. The number of aryl methyl sites for hydroxylation is 1. The lowest BCUT2D eigenvalue weighted by Crippen LogP contribution is -2.26. The summed E-state index contributed by atoms with van der Waals surface area (Å²) >= 11 is 0. The first-order chi connectivity index (χ1) is 13.9. The highest BCUT2D eigenvalue weighted by Crippen LogP contribution is 2.40. The van der Waals surface area contributed by atoms with Crippen molar-refractivity contribution in [3.05, 3.63) is 42.2 Å². The first kappa shape index (κ1) is 16.0. The molecule has 0 N–H and O–H groups in total. The molecule has 1 fully saturated rings. The van der Waals surface area contributed by atoms with Crippen molar-refractivity contribution in [2.45, 2.75) is 51.1 Å². The second kappa shape index (κ2) is 6.29. The number of benzene rings is 1. The van der Waals surface area contributed by atoms with Gasteiger partial charge in [-0.15, -0.1) is 10.2 Å². The Hall–Kier alpha value is -2.96. The van der Waals surface area contributed by atoms with E-state index in [-0.39, 0.29) is 6.04 Å². The van der Waals surface area contributed by atoms with Crippen LogP contribution in [0, 0.1) is 0 Å². The lowest BCUT2D eigenvalue weighted by Gasteiger charge is -2.25. The summed E-state index contributed by atoms with van der Waals surface area (Å²) in [5.74, 6) is 3.09. The van der Waals surface area contributed by atoms with Gasteiger partial charge in [-0.2, -0.15) is 0 Å². The van der Waals surface area contributed by atoms with Crippen LogP contribution in [0.15, 0.2) is 35.0 Å². The lowest BCUT2D eigenvalue weighted by molar-refractivity contribution is 0.556. The van der Waals surface area contributed by atoms with Gasteiger partial charge in [-0.3, -0.25) is 0 Å². The normalized spacial score (nSPS) is 20.0. The molecular weight excluding hydrogens is 352 g/mol. The van der Waals surface area contributed by atoms with Crippen LogP contribution in [0.25, 0.3) is 22.1 Å². The van der Waals surface area contributed by atoms with Gasteiger partial charge in [-0.05, 0) is 37.8 Å². The monoisotopic (exact) mass is 374 g/mol. The summed E-state index contributed by atoms with van der Waals surface area (Å²) in [6, 6.07) is 8.23. The van der Waals surface area contributed by atoms with Crippen LogP contribution in [-0.4, -0.2) is 31.3 Å². The topological polar surface area (TPSA) is 72.9 Å². The largest absolute Gasteiger partial charge is 0.450 e. The van der Waals surface area contributed by atoms with Crippen molar-refractivity contribution in [2.24, 2.45) is 0 Å². The zero-order valence-corrected chi connectivity index (χ0v) is 15.7. The summed E-state index contributed by atoms with van der Waals surface area (Å²) in [5, 5.41) is 10.2. The molecule has 6 rings (SSSR count). The van der Waals surface area contributed by atoms with Gasteiger partial charge in [0.1, 0.15) is 23.3 Å². The van der Waals surface area contributed by atoms with Gasteiger partial charge in [0.25, 0.3) is 0 Å². The van der Waals surface area contributed by atoms with Crippen LogP contribution in [0.4, 0.5) is 5.82 Å². The zero-order valence-electron chi connectivity index (χ0n) is 15.7. The zero-order chi connectivity index (χ0) is 18.5. The van der Waals surface area contributed by atoms with E-state index >= 15 is 0 Å². The van der Waals surface area contributed by atoms with Gasteiger partial charge in [-0.25, -0.2) is 9.97 Å². The van der Waals surface area contributed by atoms with Crippen molar-refractivity contribution in [1.29, 1.82) is 0 Å². The number of fused-ring (bicyclic) bond motifs is 4. The molecule has 28 heavy (non-hydrogen) atoms. The summed E-state index contributed by atoms with van der Waals surface area (Å²) in [5.41, 5.74) is 2.50. The Bertz CT molecular complexity index is 1160. The maximum atomic E-state index is 6.18. The Kier molecular flexibility index (Phi) is 3.60. The van der Waals surface area contributed by atoms with Gasteiger partial charge in [0, 0.05) is 24.9 Å². The number of rotatable bonds is 2. The molecule has 1 unspecified atom stereocenters. The van der Waals surface area contributed by atoms with Gasteiger partial charge in [0.15, 0.2) is 17.2 Å². The molecule has 1 saturated heterocycles. The molecular formula is C21H22N6O. The first-order valence-corrected chi connectivity index (χ1v) is 10.2. The minimum atomic E-state index is 0.186. The Labute approximate surface area is 162 Å². The molecule has 2 aliphatic heterocycles. The van der Waals surface area contributed by atoms with Gasteiger partial charge in [0.05, 0.1) is 6.04 Å². The van der Waals surface area contributed by atoms with Crippen molar-refractivity contribution < 1.29 is 4.42 Å². The van der Waals surface area contributed by atoms with Gasteiger partial charge >= 0.3 is 0 Å². The van der Waals surface area contributed by atoms with Crippen LogP contribution < -0.4 is 4.90 Å². The van der Waals surface area contributed by atoms with Crippen molar-refractivity contribution in [3.8, 4) is 0 Å². The average Bonchev–Trinajstić information content (AvgIpc) is 3.40. The third-order valence-corrected chi connectivity index (χ3v) is 6.10. The van der Waals surface area contributed by atoms with E-state index in [1.807, 2.05) is 18.2 Å². The van der Waals surface area contributed by atoms with E-state index in [4.69, 9.17) is 4.42 Å². The lowest BCUT2D eigenvalue weighted by atomic mass is 10.2. The van der Waals surface area contributed by atoms with Gasteiger partial charge in [-0.1, -0.05) is 18.6 Å². The van der Waals surface area contributed by atoms with Gasteiger partial charge < -0.3 is 13.9 Å². The van der Waals surface area contributed by atoms with E-state index in [1.54, 1.807) is 6.33 Å². The van der Waals surface area contributed by atoms with E-state index in [0.717, 1.165) is 71.9 Å². The minimum Gasteiger partial charge on any atom is -0.450 e. The van der Waals surface area contributed by atoms with E-state index in [0.29, 0.717) is 0 Å². The summed E-state index contributed by atoms with van der Waals surface area (Å²) in [4.78, 5) is 11.5. The van der Waals surface area contributed by atoms with E-state index in [1.165, 1.54) is 19.3 Å². The number of anilines is 1. The average molecular weight is 374 g/mol. The highest BCUT2D eigenvalue weighted by atomic mass is 16.3. The second-order valence-corrected chi connectivity index (χ2v) is 7.76.